The molecule has 0 aromatic heterocycles. The molecule has 0 unspecified atom stereocenters. The average Bonchev–Trinajstić information content (AvgIpc) is 2.82. The molecule has 1 aliphatic rings. The Bertz CT molecular complexity index is 459. The Morgan fingerprint density at radius 2 is 1.81 bits per heavy atom. The molecule has 3 heteroatoms. The van der Waals surface area contributed by atoms with Crippen molar-refractivity contribution in [3.63, 3.8) is 0 Å². The molecule has 0 amide bonds. The quantitative estimate of drug-likeness (QED) is 0.873. The highest BCUT2D eigenvalue weighted by Crippen LogP contribution is 2.32. The third-order valence-electron chi connectivity index (χ3n) is 4.28. The summed E-state index contributed by atoms with van der Waals surface area (Å²) in [4.78, 5) is 2.21. The van der Waals surface area contributed by atoms with Gasteiger partial charge in [0, 0.05) is 31.4 Å². The van der Waals surface area contributed by atoms with Crippen molar-refractivity contribution in [2.45, 2.75) is 64.1 Å². The van der Waals surface area contributed by atoms with Crippen LogP contribution in [-0.2, 0) is 6.54 Å². The molecule has 2 rings (SSSR count). The molecule has 3 nitrogen and oxygen atoms in total. The summed E-state index contributed by atoms with van der Waals surface area (Å²) >= 11 is 0. The van der Waals surface area contributed by atoms with E-state index in [1.54, 1.807) is 0 Å². The minimum atomic E-state index is -0.501. The fourth-order valence-corrected chi connectivity index (χ4v) is 3.11. The van der Waals surface area contributed by atoms with Crippen LogP contribution in [0.2, 0.25) is 0 Å². The first-order valence-corrected chi connectivity index (χ1v) is 8.06. The molecule has 0 radical (unpaired) electrons. The molecular formula is C18H30N2O. The van der Waals surface area contributed by atoms with Crippen molar-refractivity contribution in [2.24, 2.45) is 0 Å². The Morgan fingerprint density at radius 3 is 2.43 bits per heavy atom. The predicted octanol–water partition coefficient (Wildman–Crippen LogP) is 3.32. The Kier molecular flexibility index (Phi) is 4.95. The van der Waals surface area contributed by atoms with Crippen LogP contribution in [0.1, 0.15) is 52.0 Å². The van der Waals surface area contributed by atoms with E-state index in [1.165, 1.54) is 11.3 Å². The van der Waals surface area contributed by atoms with Gasteiger partial charge in [-0.05, 0) is 45.2 Å². The number of nitrogens with zero attached hydrogens (tertiary/aromatic N) is 1. The molecular weight excluding hydrogens is 260 g/mol. The number of rotatable bonds is 5. The van der Waals surface area contributed by atoms with E-state index in [2.05, 4.69) is 62.3 Å². The van der Waals surface area contributed by atoms with Crippen LogP contribution in [0.3, 0.4) is 0 Å². The minimum absolute atomic E-state index is 0.106. The van der Waals surface area contributed by atoms with Gasteiger partial charge in [0.25, 0.3) is 0 Å². The van der Waals surface area contributed by atoms with Crippen LogP contribution >= 0.6 is 0 Å². The molecule has 0 atom stereocenters. The van der Waals surface area contributed by atoms with Gasteiger partial charge in [-0.2, -0.15) is 0 Å². The van der Waals surface area contributed by atoms with Crippen molar-refractivity contribution in [1.29, 1.82) is 0 Å². The molecule has 118 valence electrons. The van der Waals surface area contributed by atoms with Crippen molar-refractivity contribution in [2.75, 3.05) is 18.5 Å². The van der Waals surface area contributed by atoms with Crippen molar-refractivity contribution in [1.82, 2.24) is 5.32 Å². The van der Waals surface area contributed by atoms with Gasteiger partial charge in [0.15, 0.2) is 0 Å². The molecule has 1 aromatic carbocycles. The number of aliphatic hydroxyl groups is 1. The van der Waals surface area contributed by atoms with Crippen LogP contribution in [-0.4, -0.2) is 29.8 Å². The maximum Gasteiger partial charge on any atom is 0.0821 e. The van der Waals surface area contributed by atoms with E-state index >= 15 is 0 Å². The van der Waals surface area contributed by atoms with E-state index in [9.17, 15) is 5.11 Å². The molecule has 1 saturated carbocycles. The topological polar surface area (TPSA) is 35.5 Å². The highest BCUT2D eigenvalue weighted by Gasteiger charge is 2.32. The van der Waals surface area contributed by atoms with Crippen molar-refractivity contribution in [3.05, 3.63) is 29.8 Å². The standard InChI is InChI=1S/C18H30N2O/c1-17(2,3)19-13-15-9-5-6-10-16(15)20(4)14-18(21)11-7-8-12-18/h5-6,9-10,19,21H,7-8,11-14H2,1-4H3. The lowest BCUT2D eigenvalue weighted by Gasteiger charge is -2.32. The number of hydrogen-bond donors (Lipinski definition) is 2. The van der Waals surface area contributed by atoms with E-state index in [4.69, 9.17) is 0 Å². The smallest absolute Gasteiger partial charge is 0.0821 e. The van der Waals surface area contributed by atoms with Crippen molar-refractivity contribution >= 4 is 5.69 Å². The average molecular weight is 290 g/mol. The molecule has 1 aromatic rings. The Labute approximate surface area is 129 Å². The summed E-state index contributed by atoms with van der Waals surface area (Å²) in [6.45, 7) is 8.11. The van der Waals surface area contributed by atoms with E-state index in [-0.39, 0.29) is 5.54 Å². The lowest BCUT2D eigenvalue weighted by Crippen LogP contribution is -2.40. The predicted molar refractivity (Wildman–Crippen MR) is 89.7 cm³/mol. The number of likely N-dealkylation sites (N-methyl/N-ethyl adjacent to an activating group) is 1. The first-order valence-electron chi connectivity index (χ1n) is 8.06. The maximum absolute atomic E-state index is 10.6. The summed E-state index contributed by atoms with van der Waals surface area (Å²) < 4.78 is 0. The Morgan fingerprint density at radius 1 is 1.19 bits per heavy atom. The van der Waals surface area contributed by atoms with Gasteiger partial charge in [-0.3, -0.25) is 0 Å². The van der Waals surface area contributed by atoms with Crippen LogP contribution < -0.4 is 10.2 Å². The summed E-state index contributed by atoms with van der Waals surface area (Å²) in [6, 6.07) is 8.48. The van der Waals surface area contributed by atoms with Crippen molar-refractivity contribution < 1.29 is 5.11 Å². The first-order chi connectivity index (χ1) is 9.79. The van der Waals surface area contributed by atoms with Crippen LogP contribution in [0.5, 0.6) is 0 Å². The zero-order valence-electron chi connectivity index (χ0n) is 13.9. The normalized spacial score (nSPS) is 18.0. The number of hydrogen-bond acceptors (Lipinski definition) is 3. The maximum atomic E-state index is 10.6. The van der Waals surface area contributed by atoms with Gasteiger partial charge in [-0.1, -0.05) is 31.0 Å². The van der Waals surface area contributed by atoms with Gasteiger partial charge in [-0.25, -0.2) is 0 Å². The third kappa shape index (κ3) is 4.72. The molecule has 0 heterocycles. The van der Waals surface area contributed by atoms with Crippen LogP contribution in [0, 0.1) is 0 Å². The lowest BCUT2D eigenvalue weighted by atomic mass is 10.0. The van der Waals surface area contributed by atoms with Crippen LogP contribution in [0.4, 0.5) is 5.69 Å². The summed E-state index contributed by atoms with van der Waals surface area (Å²) in [5.74, 6) is 0. The summed E-state index contributed by atoms with van der Waals surface area (Å²) in [7, 11) is 2.09. The van der Waals surface area contributed by atoms with E-state index in [0.29, 0.717) is 0 Å². The monoisotopic (exact) mass is 290 g/mol. The SMILES string of the molecule is CN(CC1(O)CCCC1)c1ccccc1CNC(C)(C)C. The number of benzene rings is 1. The minimum Gasteiger partial charge on any atom is -0.388 e. The molecule has 0 aliphatic heterocycles. The Balaban J connectivity index is 2.07. The largest absolute Gasteiger partial charge is 0.388 e. The van der Waals surface area contributed by atoms with E-state index < -0.39 is 5.60 Å². The highest BCUT2D eigenvalue weighted by molar-refractivity contribution is 5.53. The first kappa shape index (κ1) is 16.3. The third-order valence-corrected chi connectivity index (χ3v) is 4.28. The van der Waals surface area contributed by atoms with Crippen LogP contribution in [0.25, 0.3) is 0 Å². The van der Waals surface area contributed by atoms with Gasteiger partial charge in [0.05, 0.1) is 5.60 Å². The molecule has 0 bridgehead atoms. The zero-order chi connectivity index (χ0) is 15.5. The van der Waals surface area contributed by atoms with Crippen molar-refractivity contribution in [3.8, 4) is 0 Å². The summed E-state index contributed by atoms with van der Waals surface area (Å²) in [5.41, 5.74) is 2.11. The van der Waals surface area contributed by atoms with E-state index in [1.807, 2.05) is 0 Å². The number of nitrogens with one attached hydrogen (secondary N) is 1. The second kappa shape index (κ2) is 6.37. The molecule has 0 spiro atoms. The van der Waals surface area contributed by atoms with Gasteiger partial charge < -0.3 is 15.3 Å². The molecule has 0 saturated heterocycles. The molecule has 2 N–H and O–H groups in total. The van der Waals surface area contributed by atoms with Gasteiger partial charge in [0.1, 0.15) is 0 Å². The highest BCUT2D eigenvalue weighted by atomic mass is 16.3. The van der Waals surface area contributed by atoms with Crippen LogP contribution in [0.15, 0.2) is 24.3 Å². The second-order valence-electron chi connectivity index (χ2n) is 7.52. The van der Waals surface area contributed by atoms with Gasteiger partial charge in [0.2, 0.25) is 0 Å². The number of anilines is 1. The van der Waals surface area contributed by atoms with E-state index in [0.717, 1.165) is 38.8 Å². The summed E-state index contributed by atoms with van der Waals surface area (Å²) in [5, 5.41) is 14.2. The molecule has 21 heavy (non-hydrogen) atoms. The fourth-order valence-electron chi connectivity index (χ4n) is 3.11. The number of para-hydroxylation sites is 1. The Hall–Kier alpha value is -1.06. The molecule has 1 fully saturated rings. The molecule has 1 aliphatic carbocycles. The second-order valence-corrected chi connectivity index (χ2v) is 7.52. The van der Waals surface area contributed by atoms with Gasteiger partial charge in [-0.15, -0.1) is 0 Å². The lowest BCUT2D eigenvalue weighted by molar-refractivity contribution is 0.0559. The fraction of sp³-hybridized carbons (Fsp3) is 0.667. The zero-order valence-corrected chi connectivity index (χ0v) is 13.9. The van der Waals surface area contributed by atoms with Gasteiger partial charge >= 0.3 is 0 Å². The summed E-state index contributed by atoms with van der Waals surface area (Å²) in [6.07, 6.45) is 4.16.